The number of ether oxygens (including phenoxy) is 4. The van der Waals surface area contributed by atoms with Crippen molar-refractivity contribution < 1.29 is 92.9 Å². The molecular weight excluding hydrogens is 856 g/mol. The second kappa shape index (κ2) is 18.5. The summed E-state index contributed by atoms with van der Waals surface area (Å²) in [6.07, 6.45) is -21.1. The van der Waals surface area contributed by atoms with Crippen molar-refractivity contribution in [2.24, 2.45) is 5.92 Å². The molecule has 63 heavy (non-hydrogen) atoms. The minimum absolute atomic E-state index is 0.0369. The standard InChI is InChI=1S/C42H43FNO18P/c43-22-11-6-20(7-12-22)27(59-41-34(49)30(45)32(47)36(61-41)39(52)53)17-16-26-29(44(38(26)51)23-4-2-1-3-5-23)25-15-10-21(19-8-13-24(14-9-19)63(56,57)58)18-28(25)60-42-35(50)31(46)33(48)37(62-42)40(54)55/h1-15,18,26-27,29-37,41-42,45-50H,16-17H2,(H,52,53)(H,54,55)(H2,56,57,58)/t26-,27+,29-,30+,31+,32+,33+,34-,35-,36+,37+,41-,42-/m1/s1. The second-order valence-corrected chi connectivity index (χ2v) is 16.9. The number of benzene rings is 4. The van der Waals surface area contributed by atoms with Crippen LogP contribution in [0.15, 0.2) is 97.1 Å². The van der Waals surface area contributed by atoms with Gasteiger partial charge in [0.1, 0.15) is 48.2 Å². The van der Waals surface area contributed by atoms with Gasteiger partial charge >= 0.3 is 19.5 Å². The van der Waals surface area contributed by atoms with Gasteiger partial charge in [-0.1, -0.05) is 54.6 Å². The molecule has 0 spiro atoms. The molecule has 0 bridgehead atoms. The van der Waals surface area contributed by atoms with Crippen LogP contribution in [0.4, 0.5) is 10.1 Å². The molecule has 0 aliphatic carbocycles. The highest BCUT2D eigenvalue weighted by Crippen LogP contribution is 2.50. The lowest BCUT2D eigenvalue weighted by molar-refractivity contribution is -0.306. The van der Waals surface area contributed by atoms with Crippen LogP contribution >= 0.6 is 7.60 Å². The van der Waals surface area contributed by atoms with E-state index in [0.29, 0.717) is 22.4 Å². The zero-order valence-electron chi connectivity index (χ0n) is 32.7. The molecule has 3 aliphatic rings. The monoisotopic (exact) mass is 899 g/mol. The van der Waals surface area contributed by atoms with E-state index in [1.807, 2.05) is 0 Å². The first-order valence-electron chi connectivity index (χ1n) is 19.5. The van der Waals surface area contributed by atoms with Crippen molar-refractivity contribution in [2.45, 2.75) is 86.4 Å². The van der Waals surface area contributed by atoms with Gasteiger partial charge in [-0.05, 0) is 72.0 Å². The van der Waals surface area contributed by atoms with Crippen molar-refractivity contribution in [2.75, 3.05) is 4.90 Å². The van der Waals surface area contributed by atoms with Gasteiger partial charge in [0.2, 0.25) is 12.2 Å². The molecule has 21 heteroatoms. The highest BCUT2D eigenvalue weighted by molar-refractivity contribution is 7.60. The lowest BCUT2D eigenvalue weighted by atomic mass is 9.77. The fraction of sp³-hybridized carbons (Fsp3) is 0.357. The fourth-order valence-electron chi connectivity index (χ4n) is 7.89. The first-order chi connectivity index (χ1) is 29.8. The molecule has 13 atom stereocenters. The topological polar surface area (TPSA) is 311 Å². The van der Waals surface area contributed by atoms with Crippen molar-refractivity contribution in [1.29, 1.82) is 0 Å². The Bertz CT molecular complexity index is 2330. The highest BCUT2D eigenvalue weighted by atomic mass is 31.2. The zero-order chi connectivity index (χ0) is 45.5. The molecule has 336 valence electrons. The van der Waals surface area contributed by atoms with Gasteiger partial charge in [-0.15, -0.1) is 0 Å². The van der Waals surface area contributed by atoms with E-state index in [0.717, 1.165) is 12.1 Å². The fourth-order valence-corrected chi connectivity index (χ4v) is 8.43. The van der Waals surface area contributed by atoms with Gasteiger partial charge in [-0.3, -0.25) is 9.36 Å². The minimum Gasteiger partial charge on any atom is -0.479 e. The van der Waals surface area contributed by atoms with Crippen LogP contribution in [-0.4, -0.2) is 130 Å². The molecule has 0 saturated carbocycles. The molecule has 0 unspecified atom stereocenters. The first-order valence-corrected chi connectivity index (χ1v) is 21.1. The number of β-lactam (4-membered cyclic amide) rings is 1. The number of nitrogens with zero attached hydrogens (tertiary/aromatic N) is 1. The normalized spacial score (nSPS) is 30.3. The Morgan fingerprint density at radius 3 is 1.84 bits per heavy atom. The number of carbonyl (C=O) groups is 3. The van der Waals surface area contributed by atoms with E-state index < -0.39 is 111 Å². The van der Waals surface area contributed by atoms with E-state index in [1.165, 1.54) is 47.4 Å². The molecule has 4 aromatic rings. The summed E-state index contributed by atoms with van der Waals surface area (Å²) in [6.45, 7) is 0. The molecule has 0 aromatic heterocycles. The Morgan fingerprint density at radius 1 is 0.714 bits per heavy atom. The van der Waals surface area contributed by atoms with E-state index in [4.69, 9.17) is 18.9 Å². The Balaban J connectivity index is 1.27. The number of hydrogen-bond donors (Lipinski definition) is 10. The Labute approximate surface area is 356 Å². The maximum Gasteiger partial charge on any atom is 0.356 e. The van der Waals surface area contributed by atoms with E-state index in [1.54, 1.807) is 42.5 Å². The average molecular weight is 900 g/mol. The number of halogens is 1. The lowest BCUT2D eigenvalue weighted by Crippen LogP contribution is -2.61. The van der Waals surface area contributed by atoms with E-state index in [-0.39, 0.29) is 29.5 Å². The van der Waals surface area contributed by atoms with Crippen LogP contribution in [0.3, 0.4) is 0 Å². The molecule has 3 aliphatic heterocycles. The van der Waals surface area contributed by atoms with Crippen molar-refractivity contribution >= 4 is 36.4 Å². The quantitative estimate of drug-likeness (QED) is 0.0615. The third kappa shape index (κ3) is 9.39. The summed E-state index contributed by atoms with van der Waals surface area (Å²) in [5.41, 5.74) is 1.79. The van der Waals surface area contributed by atoms with E-state index in [2.05, 4.69) is 0 Å². The molecule has 4 aromatic carbocycles. The summed E-state index contributed by atoms with van der Waals surface area (Å²) in [5, 5.41) is 82.5. The predicted molar refractivity (Wildman–Crippen MR) is 212 cm³/mol. The molecule has 10 N–H and O–H groups in total. The van der Waals surface area contributed by atoms with Gasteiger partial charge < -0.3 is 74.5 Å². The SMILES string of the molecule is O=C(O)[C@H]1O[C@@H](Oc2cc(-c3ccc(P(=O)(O)O)cc3)ccc2[C@@H]2[C@@H](CC[C@H](O[C@@H]3O[C@H](C(=O)O)[C@@H](O)[C@H](O)[C@H]3O)c3ccc(F)cc3)C(=O)N2c2ccccc2)[C@H](O)[C@@H](O)[C@@H]1O. The third-order valence-corrected chi connectivity index (χ3v) is 12.2. The van der Waals surface area contributed by atoms with Crippen molar-refractivity contribution in [3.8, 4) is 16.9 Å². The molecule has 19 nitrogen and oxygen atoms in total. The number of para-hydroxylation sites is 1. The number of amides is 1. The third-order valence-electron chi connectivity index (χ3n) is 11.3. The molecule has 3 heterocycles. The summed E-state index contributed by atoms with van der Waals surface area (Å²) in [4.78, 5) is 58.9. The van der Waals surface area contributed by atoms with Gasteiger partial charge in [0, 0.05) is 11.3 Å². The summed E-state index contributed by atoms with van der Waals surface area (Å²) in [7, 11) is -4.61. The van der Waals surface area contributed by atoms with Crippen molar-refractivity contribution in [3.05, 3.63) is 114 Å². The first kappa shape index (κ1) is 45.8. The van der Waals surface area contributed by atoms with E-state index >= 15 is 0 Å². The number of rotatable bonds is 14. The lowest BCUT2D eigenvalue weighted by Gasteiger charge is -2.48. The summed E-state index contributed by atoms with van der Waals surface area (Å²) >= 11 is 0. The molecule has 3 saturated heterocycles. The molecule has 7 rings (SSSR count). The van der Waals surface area contributed by atoms with Crippen LogP contribution in [0.2, 0.25) is 0 Å². The summed E-state index contributed by atoms with van der Waals surface area (Å²) < 4.78 is 49.0. The number of hydrogen-bond acceptors (Lipinski definition) is 14. The van der Waals surface area contributed by atoms with Crippen LogP contribution in [0.1, 0.15) is 36.1 Å². The van der Waals surface area contributed by atoms with Crippen LogP contribution in [0.5, 0.6) is 5.75 Å². The molecular formula is C42H43FNO18P. The van der Waals surface area contributed by atoms with Crippen molar-refractivity contribution in [1.82, 2.24) is 0 Å². The smallest absolute Gasteiger partial charge is 0.356 e. The van der Waals surface area contributed by atoms with E-state index in [9.17, 15) is 74.0 Å². The number of carboxylic acid groups (broad SMARTS) is 2. The van der Waals surface area contributed by atoms with Crippen LogP contribution in [-0.2, 0) is 33.2 Å². The number of aliphatic carboxylic acids is 2. The number of anilines is 1. The maximum atomic E-state index is 14.3. The second-order valence-electron chi connectivity index (χ2n) is 15.3. The minimum atomic E-state index is -4.61. The van der Waals surface area contributed by atoms with Crippen LogP contribution < -0.4 is 14.9 Å². The summed E-state index contributed by atoms with van der Waals surface area (Å²) in [5.74, 6) is -5.40. The van der Waals surface area contributed by atoms with Crippen molar-refractivity contribution in [3.63, 3.8) is 0 Å². The average Bonchev–Trinajstić information content (AvgIpc) is 3.25. The van der Waals surface area contributed by atoms with Crippen LogP contribution in [0.25, 0.3) is 11.1 Å². The highest BCUT2D eigenvalue weighted by Gasteiger charge is 2.53. The Kier molecular flexibility index (Phi) is 13.5. The van der Waals surface area contributed by atoms with Gasteiger partial charge in [-0.25, -0.2) is 14.0 Å². The number of carbonyl (C=O) groups excluding carboxylic acids is 1. The number of aliphatic hydroxyl groups excluding tert-OH is 6. The molecule has 1 amide bonds. The van der Waals surface area contributed by atoms with Crippen LogP contribution in [0, 0.1) is 11.7 Å². The van der Waals surface area contributed by atoms with Gasteiger partial charge in [0.05, 0.1) is 23.4 Å². The molecule has 0 radical (unpaired) electrons. The van der Waals surface area contributed by atoms with Gasteiger partial charge in [0.25, 0.3) is 0 Å². The number of aliphatic hydroxyl groups is 6. The maximum absolute atomic E-state index is 14.3. The largest absolute Gasteiger partial charge is 0.479 e. The molecule has 3 fully saturated rings. The van der Waals surface area contributed by atoms with Gasteiger partial charge in [0.15, 0.2) is 18.5 Å². The Morgan fingerprint density at radius 2 is 1.27 bits per heavy atom. The summed E-state index contributed by atoms with van der Waals surface area (Å²) in [6, 6.07) is 22.3. The Hall–Kier alpha value is -5.19. The number of carboxylic acids is 2. The van der Waals surface area contributed by atoms with Gasteiger partial charge in [-0.2, -0.15) is 0 Å². The predicted octanol–water partition coefficient (Wildman–Crippen LogP) is 0.701. The zero-order valence-corrected chi connectivity index (χ0v) is 33.6.